The van der Waals surface area contributed by atoms with Crippen LogP contribution in [0.2, 0.25) is 0 Å². The zero-order chi connectivity index (χ0) is 8.77. The van der Waals surface area contributed by atoms with Crippen LogP contribution in [0.3, 0.4) is 0 Å². The van der Waals surface area contributed by atoms with Crippen molar-refractivity contribution in [2.45, 2.75) is 30.7 Å². The Morgan fingerprint density at radius 3 is 2.08 bits per heavy atom. The maximum absolute atomic E-state index is 12.9. The standard InChI is InChI=1S/C8H13F2NO/c9-6-1-8(5-12)2-7(10)4-11(8)3-6/h6-7,12H,1-5H2/t6-,7+,8?. The molecular weight excluding hydrogens is 164 g/mol. The highest BCUT2D eigenvalue weighted by Gasteiger charge is 2.51. The number of nitrogens with zero attached hydrogens (tertiary/aromatic N) is 1. The van der Waals surface area contributed by atoms with Gasteiger partial charge in [-0.1, -0.05) is 0 Å². The molecule has 2 aliphatic heterocycles. The summed E-state index contributed by atoms with van der Waals surface area (Å²) in [5, 5.41) is 9.09. The molecule has 4 heteroatoms. The summed E-state index contributed by atoms with van der Waals surface area (Å²) in [4.78, 5) is 1.75. The van der Waals surface area contributed by atoms with Crippen LogP contribution in [0.1, 0.15) is 12.8 Å². The fraction of sp³-hybridized carbons (Fsp3) is 1.00. The van der Waals surface area contributed by atoms with Crippen LogP contribution in [0.15, 0.2) is 0 Å². The van der Waals surface area contributed by atoms with Gasteiger partial charge in [-0.3, -0.25) is 4.90 Å². The highest BCUT2D eigenvalue weighted by Crippen LogP contribution is 2.40. The van der Waals surface area contributed by atoms with E-state index in [2.05, 4.69) is 0 Å². The molecular formula is C8H13F2NO. The number of rotatable bonds is 1. The van der Waals surface area contributed by atoms with Crippen LogP contribution in [0.5, 0.6) is 0 Å². The summed E-state index contributed by atoms with van der Waals surface area (Å²) in [5.74, 6) is 0. The van der Waals surface area contributed by atoms with Gasteiger partial charge >= 0.3 is 0 Å². The van der Waals surface area contributed by atoms with E-state index in [1.54, 1.807) is 4.90 Å². The second kappa shape index (κ2) is 2.64. The number of aliphatic hydroxyl groups is 1. The van der Waals surface area contributed by atoms with Gasteiger partial charge in [0.05, 0.1) is 6.61 Å². The smallest absolute Gasteiger partial charge is 0.115 e. The van der Waals surface area contributed by atoms with Crippen molar-refractivity contribution >= 4 is 0 Å². The molecule has 1 unspecified atom stereocenters. The first-order valence-corrected chi connectivity index (χ1v) is 4.30. The van der Waals surface area contributed by atoms with E-state index in [9.17, 15) is 8.78 Å². The fourth-order valence-corrected chi connectivity index (χ4v) is 2.46. The third kappa shape index (κ3) is 1.05. The molecule has 0 aromatic rings. The SMILES string of the molecule is OCC12C[C@H](F)CN1C[C@H](F)C2. The van der Waals surface area contributed by atoms with Gasteiger partial charge in [-0.2, -0.15) is 0 Å². The summed E-state index contributed by atoms with van der Waals surface area (Å²) >= 11 is 0. The van der Waals surface area contributed by atoms with Crippen LogP contribution in [0.25, 0.3) is 0 Å². The Labute approximate surface area is 70.2 Å². The number of halogens is 2. The van der Waals surface area contributed by atoms with Crippen molar-refractivity contribution in [1.29, 1.82) is 0 Å². The highest BCUT2D eigenvalue weighted by atomic mass is 19.1. The van der Waals surface area contributed by atoms with E-state index in [1.807, 2.05) is 0 Å². The molecule has 2 nitrogen and oxygen atoms in total. The van der Waals surface area contributed by atoms with Crippen molar-refractivity contribution in [3.05, 3.63) is 0 Å². The number of alkyl halides is 2. The molecule has 0 aromatic heterocycles. The van der Waals surface area contributed by atoms with Gasteiger partial charge in [0.15, 0.2) is 0 Å². The molecule has 2 aliphatic rings. The van der Waals surface area contributed by atoms with Crippen molar-refractivity contribution in [1.82, 2.24) is 4.90 Å². The lowest BCUT2D eigenvalue weighted by Crippen LogP contribution is -2.41. The maximum Gasteiger partial charge on any atom is 0.115 e. The van der Waals surface area contributed by atoms with Gasteiger partial charge in [-0.25, -0.2) is 8.78 Å². The molecule has 2 saturated heterocycles. The van der Waals surface area contributed by atoms with E-state index in [0.717, 1.165) is 0 Å². The van der Waals surface area contributed by atoms with Crippen LogP contribution in [0.4, 0.5) is 8.78 Å². The normalized spacial score (nSPS) is 48.2. The van der Waals surface area contributed by atoms with Crippen molar-refractivity contribution in [3.63, 3.8) is 0 Å². The van der Waals surface area contributed by atoms with E-state index < -0.39 is 17.9 Å². The van der Waals surface area contributed by atoms with Gasteiger partial charge < -0.3 is 5.11 Å². The third-order valence-corrected chi connectivity index (χ3v) is 3.01. The minimum atomic E-state index is -0.885. The van der Waals surface area contributed by atoms with Gasteiger partial charge in [0, 0.05) is 31.5 Å². The highest BCUT2D eigenvalue weighted by molar-refractivity contribution is 5.06. The van der Waals surface area contributed by atoms with E-state index in [4.69, 9.17) is 5.11 Å². The molecule has 0 aliphatic carbocycles. The molecule has 2 heterocycles. The van der Waals surface area contributed by atoms with Crippen LogP contribution in [0, 0.1) is 0 Å². The summed E-state index contributed by atoms with van der Waals surface area (Å²) in [6.45, 7) is 0.468. The Morgan fingerprint density at radius 2 is 1.75 bits per heavy atom. The Balaban J connectivity index is 2.16. The average molecular weight is 177 g/mol. The molecule has 0 amide bonds. The van der Waals surface area contributed by atoms with E-state index in [1.165, 1.54) is 0 Å². The fourth-order valence-electron chi connectivity index (χ4n) is 2.46. The molecule has 2 fully saturated rings. The van der Waals surface area contributed by atoms with Crippen molar-refractivity contribution < 1.29 is 13.9 Å². The minimum absolute atomic E-state index is 0.117. The molecule has 3 atom stereocenters. The van der Waals surface area contributed by atoms with Gasteiger partial charge in [-0.15, -0.1) is 0 Å². The zero-order valence-corrected chi connectivity index (χ0v) is 6.84. The van der Waals surface area contributed by atoms with Gasteiger partial charge in [0.25, 0.3) is 0 Å². The second-order valence-corrected chi connectivity index (χ2v) is 3.89. The summed E-state index contributed by atoms with van der Waals surface area (Å²) in [6.07, 6.45) is -1.18. The van der Waals surface area contributed by atoms with Gasteiger partial charge in [-0.05, 0) is 0 Å². The topological polar surface area (TPSA) is 23.5 Å². The van der Waals surface area contributed by atoms with Crippen LogP contribution in [-0.4, -0.2) is 47.6 Å². The lowest BCUT2D eigenvalue weighted by atomic mass is 9.94. The number of hydrogen-bond acceptors (Lipinski definition) is 2. The number of fused-ring (bicyclic) bond motifs is 1. The quantitative estimate of drug-likeness (QED) is 0.630. The maximum atomic E-state index is 12.9. The molecule has 2 rings (SSSR count). The van der Waals surface area contributed by atoms with Crippen LogP contribution in [-0.2, 0) is 0 Å². The summed E-state index contributed by atoms with van der Waals surface area (Å²) in [6, 6.07) is 0. The molecule has 70 valence electrons. The lowest BCUT2D eigenvalue weighted by molar-refractivity contribution is 0.0993. The largest absolute Gasteiger partial charge is 0.394 e. The zero-order valence-electron chi connectivity index (χ0n) is 6.84. The second-order valence-electron chi connectivity index (χ2n) is 3.89. The molecule has 0 saturated carbocycles. The van der Waals surface area contributed by atoms with Gasteiger partial charge in [0.2, 0.25) is 0 Å². The molecule has 0 spiro atoms. The molecule has 0 bridgehead atoms. The monoisotopic (exact) mass is 177 g/mol. The first-order chi connectivity index (χ1) is 5.66. The Hall–Kier alpha value is -0.220. The Bertz CT molecular complexity index is 174. The predicted molar refractivity (Wildman–Crippen MR) is 40.4 cm³/mol. The molecule has 0 aromatic carbocycles. The first-order valence-electron chi connectivity index (χ1n) is 4.30. The van der Waals surface area contributed by atoms with Crippen molar-refractivity contribution in [3.8, 4) is 0 Å². The first kappa shape index (κ1) is 8.38. The molecule has 1 N–H and O–H groups in total. The van der Waals surface area contributed by atoms with E-state index in [0.29, 0.717) is 25.9 Å². The van der Waals surface area contributed by atoms with E-state index in [-0.39, 0.29) is 6.61 Å². The van der Waals surface area contributed by atoms with E-state index >= 15 is 0 Å². The summed E-state index contributed by atoms with van der Waals surface area (Å²) in [5.41, 5.74) is -0.571. The molecule has 12 heavy (non-hydrogen) atoms. The number of aliphatic hydroxyl groups excluding tert-OH is 1. The Morgan fingerprint density at radius 1 is 1.25 bits per heavy atom. The minimum Gasteiger partial charge on any atom is -0.394 e. The molecule has 0 radical (unpaired) electrons. The van der Waals surface area contributed by atoms with Crippen molar-refractivity contribution in [2.75, 3.05) is 19.7 Å². The predicted octanol–water partition coefficient (Wildman–Crippen LogP) is 0.503. The van der Waals surface area contributed by atoms with Crippen molar-refractivity contribution in [2.24, 2.45) is 0 Å². The Kier molecular flexibility index (Phi) is 1.84. The number of hydrogen-bond donors (Lipinski definition) is 1. The van der Waals surface area contributed by atoms with Crippen LogP contribution >= 0.6 is 0 Å². The van der Waals surface area contributed by atoms with Crippen LogP contribution < -0.4 is 0 Å². The summed E-state index contributed by atoms with van der Waals surface area (Å²) < 4.78 is 25.9. The average Bonchev–Trinajstić information content (AvgIpc) is 2.40. The van der Waals surface area contributed by atoms with Gasteiger partial charge in [0.1, 0.15) is 12.3 Å². The summed E-state index contributed by atoms with van der Waals surface area (Å²) in [7, 11) is 0. The third-order valence-electron chi connectivity index (χ3n) is 3.01. The lowest BCUT2D eigenvalue weighted by Gasteiger charge is -2.28.